The zero-order chi connectivity index (χ0) is 17.6. The Balaban J connectivity index is 1.47. The number of nitrogens with zero attached hydrogens (tertiary/aromatic N) is 2. The number of hydrogen-bond acceptors (Lipinski definition) is 4. The van der Waals surface area contributed by atoms with Gasteiger partial charge in [0.2, 0.25) is 5.91 Å². The van der Waals surface area contributed by atoms with Crippen LogP contribution < -0.4 is 15.4 Å². The quantitative estimate of drug-likeness (QED) is 0.896. The van der Waals surface area contributed by atoms with E-state index in [0.29, 0.717) is 24.4 Å². The molecule has 1 aliphatic rings. The predicted molar refractivity (Wildman–Crippen MR) is 95.7 cm³/mol. The second kappa shape index (κ2) is 7.70. The second-order valence-electron chi connectivity index (χ2n) is 5.88. The summed E-state index contributed by atoms with van der Waals surface area (Å²) in [5.74, 6) is 0.0203. The summed E-state index contributed by atoms with van der Waals surface area (Å²) in [6.45, 7) is 2.96. The molecule has 1 fully saturated rings. The molecule has 2 N–H and O–H groups in total. The number of rotatable bonds is 5. The fourth-order valence-corrected chi connectivity index (χ4v) is 2.80. The van der Waals surface area contributed by atoms with Gasteiger partial charge in [0.25, 0.3) is 5.91 Å². The van der Waals surface area contributed by atoms with Gasteiger partial charge in [-0.1, -0.05) is 18.2 Å². The molecule has 25 heavy (non-hydrogen) atoms. The number of carbonyl (C=O) groups excluding carboxylic acids is 2. The van der Waals surface area contributed by atoms with Gasteiger partial charge < -0.3 is 20.3 Å². The largest absolute Gasteiger partial charge is 0.484 e. The molecule has 1 aliphatic heterocycles. The number of para-hydroxylation sites is 1. The molecule has 3 rings (SSSR count). The Kier molecular flexibility index (Phi) is 5.18. The van der Waals surface area contributed by atoms with Crippen molar-refractivity contribution in [1.82, 2.24) is 4.90 Å². The smallest absolute Gasteiger partial charge is 0.260 e. The number of benzene rings is 2. The van der Waals surface area contributed by atoms with Crippen molar-refractivity contribution in [1.29, 1.82) is 0 Å². The molecule has 0 saturated carbocycles. The molecule has 0 atom stereocenters. The molecule has 130 valence electrons. The van der Waals surface area contributed by atoms with Crippen LogP contribution in [0, 0.1) is 0 Å². The molecule has 1 heterocycles. The van der Waals surface area contributed by atoms with Crippen molar-refractivity contribution in [2.75, 3.05) is 37.7 Å². The van der Waals surface area contributed by atoms with E-state index >= 15 is 0 Å². The molecule has 0 aromatic heterocycles. The lowest BCUT2D eigenvalue weighted by Gasteiger charge is -2.36. The molecular weight excluding hydrogens is 318 g/mol. The van der Waals surface area contributed by atoms with Crippen LogP contribution in [-0.2, 0) is 4.79 Å². The molecule has 2 aromatic rings. The van der Waals surface area contributed by atoms with Gasteiger partial charge in [0.1, 0.15) is 5.75 Å². The highest BCUT2D eigenvalue weighted by atomic mass is 16.5. The Morgan fingerprint density at radius 1 is 0.920 bits per heavy atom. The lowest BCUT2D eigenvalue weighted by molar-refractivity contribution is -0.133. The molecule has 0 aliphatic carbocycles. The van der Waals surface area contributed by atoms with Crippen LogP contribution in [0.1, 0.15) is 10.4 Å². The lowest BCUT2D eigenvalue weighted by atomic mass is 10.2. The predicted octanol–water partition coefficient (Wildman–Crippen LogP) is 1.51. The summed E-state index contributed by atoms with van der Waals surface area (Å²) in [5, 5.41) is 0. The fourth-order valence-electron chi connectivity index (χ4n) is 2.80. The van der Waals surface area contributed by atoms with Crippen molar-refractivity contribution in [2.45, 2.75) is 0 Å². The number of amides is 2. The minimum Gasteiger partial charge on any atom is -0.484 e. The van der Waals surface area contributed by atoms with Gasteiger partial charge in [-0.15, -0.1) is 0 Å². The monoisotopic (exact) mass is 339 g/mol. The highest BCUT2D eigenvalue weighted by molar-refractivity contribution is 5.92. The standard InChI is InChI=1S/C19H21N3O3/c20-19(24)15-6-8-17(9-7-15)25-14-18(23)22-12-10-21(11-13-22)16-4-2-1-3-5-16/h1-9H,10-14H2,(H2,20,24). The summed E-state index contributed by atoms with van der Waals surface area (Å²) in [5.41, 5.74) is 6.79. The van der Waals surface area contributed by atoms with Crippen LogP contribution in [0.25, 0.3) is 0 Å². The molecule has 2 amide bonds. The average Bonchev–Trinajstić information content (AvgIpc) is 2.67. The van der Waals surface area contributed by atoms with E-state index in [1.165, 1.54) is 5.69 Å². The average molecular weight is 339 g/mol. The van der Waals surface area contributed by atoms with E-state index in [2.05, 4.69) is 17.0 Å². The summed E-state index contributed by atoms with van der Waals surface area (Å²) < 4.78 is 5.51. The zero-order valence-electron chi connectivity index (χ0n) is 13.9. The fraction of sp³-hybridized carbons (Fsp3) is 0.263. The van der Waals surface area contributed by atoms with Crippen molar-refractivity contribution >= 4 is 17.5 Å². The number of carbonyl (C=O) groups is 2. The van der Waals surface area contributed by atoms with Gasteiger partial charge in [-0.3, -0.25) is 9.59 Å². The first-order valence-electron chi connectivity index (χ1n) is 8.24. The maximum absolute atomic E-state index is 12.3. The van der Waals surface area contributed by atoms with Gasteiger partial charge in [-0.2, -0.15) is 0 Å². The number of primary amides is 1. The minimum atomic E-state index is -0.487. The third-order valence-corrected chi connectivity index (χ3v) is 4.25. The van der Waals surface area contributed by atoms with Crippen molar-refractivity contribution in [3.63, 3.8) is 0 Å². The first kappa shape index (κ1) is 16.8. The molecule has 1 saturated heterocycles. The van der Waals surface area contributed by atoms with Gasteiger partial charge in [-0.05, 0) is 36.4 Å². The Bertz CT molecular complexity index is 723. The molecule has 2 aromatic carbocycles. The van der Waals surface area contributed by atoms with Crippen molar-refractivity contribution in [2.24, 2.45) is 5.73 Å². The Morgan fingerprint density at radius 2 is 1.56 bits per heavy atom. The molecule has 6 nitrogen and oxygen atoms in total. The van der Waals surface area contributed by atoms with Crippen LogP contribution in [0.2, 0.25) is 0 Å². The molecular formula is C19H21N3O3. The number of hydrogen-bond donors (Lipinski definition) is 1. The molecule has 0 bridgehead atoms. The van der Waals surface area contributed by atoms with Gasteiger partial charge in [0, 0.05) is 37.4 Å². The minimum absolute atomic E-state index is 0.0126. The summed E-state index contributed by atoms with van der Waals surface area (Å²) in [6, 6.07) is 16.6. The highest BCUT2D eigenvalue weighted by Gasteiger charge is 2.21. The molecule has 6 heteroatoms. The van der Waals surface area contributed by atoms with Gasteiger partial charge in [-0.25, -0.2) is 0 Å². The van der Waals surface area contributed by atoms with E-state index in [1.54, 1.807) is 24.3 Å². The zero-order valence-corrected chi connectivity index (χ0v) is 13.9. The maximum atomic E-state index is 12.3. The highest BCUT2D eigenvalue weighted by Crippen LogP contribution is 2.16. The summed E-state index contributed by atoms with van der Waals surface area (Å²) >= 11 is 0. The maximum Gasteiger partial charge on any atom is 0.260 e. The van der Waals surface area contributed by atoms with Crippen LogP contribution in [-0.4, -0.2) is 49.5 Å². The van der Waals surface area contributed by atoms with Crippen molar-refractivity contribution in [3.05, 3.63) is 60.2 Å². The van der Waals surface area contributed by atoms with E-state index in [0.717, 1.165) is 13.1 Å². The Morgan fingerprint density at radius 3 is 2.16 bits per heavy atom. The first-order chi connectivity index (χ1) is 12.1. The van der Waals surface area contributed by atoms with Crippen molar-refractivity contribution in [3.8, 4) is 5.75 Å². The molecule has 0 spiro atoms. The summed E-state index contributed by atoms with van der Waals surface area (Å²) in [7, 11) is 0. The molecule has 0 radical (unpaired) electrons. The van der Waals surface area contributed by atoms with Gasteiger partial charge in [0.05, 0.1) is 0 Å². The van der Waals surface area contributed by atoms with E-state index in [1.807, 2.05) is 23.1 Å². The number of anilines is 1. The van der Waals surface area contributed by atoms with Crippen LogP contribution in [0.5, 0.6) is 5.75 Å². The third-order valence-electron chi connectivity index (χ3n) is 4.25. The third kappa shape index (κ3) is 4.29. The van der Waals surface area contributed by atoms with Crippen molar-refractivity contribution < 1.29 is 14.3 Å². The SMILES string of the molecule is NC(=O)c1ccc(OCC(=O)N2CCN(c3ccccc3)CC2)cc1. The molecule has 0 unspecified atom stereocenters. The normalized spacial score (nSPS) is 14.2. The van der Waals surface area contributed by atoms with Gasteiger partial charge in [0.15, 0.2) is 6.61 Å². The second-order valence-corrected chi connectivity index (χ2v) is 5.88. The van der Waals surface area contributed by atoms with E-state index in [9.17, 15) is 9.59 Å². The topological polar surface area (TPSA) is 75.9 Å². The summed E-state index contributed by atoms with van der Waals surface area (Å²) in [6.07, 6.45) is 0. The van der Waals surface area contributed by atoms with Crippen LogP contribution >= 0.6 is 0 Å². The van der Waals surface area contributed by atoms with Gasteiger partial charge >= 0.3 is 0 Å². The number of ether oxygens (including phenoxy) is 1. The lowest BCUT2D eigenvalue weighted by Crippen LogP contribution is -2.50. The summed E-state index contributed by atoms with van der Waals surface area (Å²) in [4.78, 5) is 27.4. The van der Waals surface area contributed by atoms with Crippen LogP contribution in [0.3, 0.4) is 0 Å². The van der Waals surface area contributed by atoms with E-state index in [-0.39, 0.29) is 12.5 Å². The number of piperazine rings is 1. The van der Waals surface area contributed by atoms with E-state index < -0.39 is 5.91 Å². The van der Waals surface area contributed by atoms with E-state index in [4.69, 9.17) is 10.5 Å². The van der Waals surface area contributed by atoms with Crippen LogP contribution in [0.4, 0.5) is 5.69 Å². The Hall–Kier alpha value is -3.02. The first-order valence-corrected chi connectivity index (χ1v) is 8.24. The van der Waals surface area contributed by atoms with Crippen LogP contribution in [0.15, 0.2) is 54.6 Å². The number of nitrogens with two attached hydrogens (primary N) is 1. The Labute approximate surface area is 146 Å².